The van der Waals surface area contributed by atoms with Crippen molar-refractivity contribution in [1.29, 1.82) is 0 Å². The van der Waals surface area contributed by atoms with Crippen molar-refractivity contribution < 1.29 is 4.79 Å². The minimum atomic E-state index is -0.00136. The SMILES string of the molecule is CCCN1CCC(CNC(=NC)N2CCN(C(C)C(=O)N3CCCC3)CC2)CC1. The van der Waals surface area contributed by atoms with Crippen LogP contribution in [0.15, 0.2) is 4.99 Å². The molecule has 0 aliphatic carbocycles. The molecule has 0 radical (unpaired) electrons. The number of amides is 1. The van der Waals surface area contributed by atoms with Crippen molar-refractivity contribution >= 4 is 11.9 Å². The third-order valence-electron chi connectivity index (χ3n) is 6.94. The Kier molecular flexibility index (Phi) is 8.60. The first-order valence-corrected chi connectivity index (χ1v) is 11.8. The molecule has 3 saturated heterocycles. The largest absolute Gasteiger partial charge is 0.356 e. The summed E-state index contributed by atoms with van der Waals surface area (Å²) in [6, 6.07) is -0.00136. The number of nitrogens with zero attached hydrogens (tertiary/aromatic N) is 5. The van der Waals surface area contributed by atoms with Gasteiger partial charge in [-0.3, -0.25) is 14.7 Å². The van der Waals surface area contributed by atoms with E-state index in [0.29, 0.717) is 5.91 Å². The number of rotatable bonds is 6. The van der Waals surface area contributed by atoms with E-state index >= 15 is 0 Å². The molecule has 1 atom stereocenters. The second kappa shape index (κ2) is 11.2. The van der Waals surface area contributed by atoms with Crippen LogP contribution >= 0.6 is 0 Å². The van der Waals surface area contributed by atoms with Crippen LogP contribution in [0.5, 0.6) is 0 Å². The van der Waals surface area contributed by atoms with Crippen LogP contribution in [0.4, 0.5) is 0 Å². The van der Waals surface area contributed by atoms with Crippen LogP contribution in [-0.4, -0.2) is 110 Å². The maximum absolute atomic E-state index is 12.7. The highest BCUT2D eigenvalue weighted by Gasteiger charge is 2.30. The Morgan fingerprint density at radius 2 is 1.66 bits per heavy atom. The molecule has 0 bridgehead atoms. The average molecular weight is 407 g/mol. The summed E-state index contributed by atoms with van der Waals surface area (Å²) < 4.78 is 0. The lowest BCUT2D eigenvalue weighted by Crippen LogP contribution is -2.57. The molecule has 1 amide bonds. The van der Waals surface area contributed by atoms with Gasteiger partial charge in [0.15, 0.2) is 5.96 Å². The lowest BCUT2D eigenvalue weighted by molar-refractivity contribution is -0.135. The number of piperazine rings is 1. The summed E-state index contributed by atoms with van der Waals surface area (Å²) in [7, 11) is 1.89. The smallest absolute Gasteiger partial charge is 0.239 e. The van der Waals surface area contributed by atoms with Crippen LogP contribution in [0.2, 0.25) is 0 Å². The van der Waals surface area contributed by atoms with Gasteiger partial charge < -0.3 is 20.0 Å². The Morgan fingerprint density at radius 1 is 1.00 bits per heavy atom. The number of nitrogens with one attached hydrogen (secondary N) is 1. The first kappa shape index (κ1) is 22.3. The quantitative estimate of drug-likeness (QED) is 0.533. The fourth-order valence-corrected chi connectivity index (χ4v) is 4.98. The highest BCUT2D eigenvalue weighted by atomic mass is 16.2. The molecule has 7 heteroatoms. The van der Waals surface area contributed by atoms with Gasteiger partial charge in [0, 0.05) is 52.9 Å². The normalized spacial score (nSPS) is 24.2. The molecule has 0 spiro atoms. The molecule has 3 aliphatic heterocycles. The number of carbonyl (C=O) groups excluding carboxylic acids is 1. The molecule has 1 unspecified atom stereocenters. The maximum atomic E-state index is 12.7. The van der Waals surface area contributed by atoms with E-state index < -0.39 is 0 Å². The topological polar surface area (TPSA) is 54.4 Å². The molecule has 3 aliphatic rings. The van der Waals surface area contributed by atoms with Crippen LogP contribution in [0, 0.1) is 5.92 Å². The van der Waals surface area contributed by atoms with Crippen molar-refractivity contribution in [3.63, 3.8) is 0 Å². The van der Waals surface area contributed by atoms with Gasteiger partial charge >= 0.3 is 0 Å². The Labute approximate surface area is 177 Å². The fourth-order valence-electron chi connectivity index (χ4n) is 4.98. The summed E-state index contributed by atoms with van der Waals surface area (Å²) in [6.07, 6.45) is 6.14. The van der Waals surface area contributed by atoms with Crippen LogP contribution in [0.1, 0.15) is 46.0 Å². The molecular weight excluding hydrogens is 364 g/mol. The number of aliphatic imine (C=N–C) groups is 1. The van der Waals surface area contributed by atoms with Gasteiger partial charge in [-0.05, 0) is 64.6 Å². The van der Waals surface area contributed by atoms with E-state index in [1.54, 1.807) is 0 Å². The molecule has 1 N–H and O–H groups in total. The highest BCUT2D eigenvalue weighted by Crippen LogP contribution is 2.17. The average Bonchev–Trinajstić information content (AvgIpc) is 3.30. The van der Waals surface area contributed by atoms with E-state index in [2.05, 4.69) is 38.9 Å². The minimum Gasteiger partial charge on any atom is -0.356 e. The molecule has 0 saturated carbocycles. The zero-order valence-corrected chi connectivity index (χ0v) is 18.9. The predicted molar refractivity (Wildman–Crippen MR) is 119 cm³/mol. The summed E-state index contributed by atoms with van der Waals surface area (Å²) >= 11 is 0. The summed E-state index contributed by atoms with van der Waals surface area (Å²) in [5.74, 6) is 2.09. The van der Waals surface area contributed by atoms with Gasteiger partial charge in [-0.25, -0.2) is 0 Å². The van der Waals surface area contributed by atoms with Crippen molar-refractivity contribution in [2.75, 3.05) is 72.5 Å². The molecule has 3 rings (SSSR count). The first-order chi connectivity index (χ1) is 14.1. The number of carbonyl (C=O) groups is 1. The molecule has 3 heterocycles. The molecule has 3 fully saturated rings. The van der Waals surface area contributed by atoms with Crippen molar-refractivity contribution in [3.05, 3.63) is 0 Å². The van der Waals surface area contributed by atoms with Gasteiger partial charge in [0.1, 0.15) is 0 Å². The molecule has 29 heavy (non-hydrogen) atoms. The third-order valence-corrected chi connectivity index (χ3v) is 6.94. The maximum Gasteiger partial charge on any atom is 0.239 e. The summed E-state index contributed by atoms with van der Waals surface area (Å²) in [5.41, 5.74) is 0. The summed E-state index contributed by atoms with van der Waals surface area (Å²) in [6.45, 7) is 14.7. The van der Waals surface area contributed by atoms with E-state index in [0.717, 1.165) is 70.5 Å². The monoisotopic (exact) mass is 406 g/mol. The zero-order chi connectivity index (χ0) is 20.6. The molecule has 0 aromatic carbocycles. The summed E-state index contributed by atoms with van der Waals surface area (Å²) in [5, 5.41) is 3.63. The predicted octanol–water partition coefficient (Wildman–Crippen LogP) is 1.31. The van der Waals surface area contributed by atoms with E-state index in [9.17, 15) is 4.79 Å². The number of likely N-dealkylation sites (tertiary alicyclic amines) is 2. The van der Waals surface area contributed by atoms with Crippen molar-refractivity contribution in [3.8, 4) is 0 Å². The standard InChI is InChI=1S/C22H42N6O/c1-4-9-25-12-7-20(8-13-25)18-24-22(23-3)28-16-14-26(15-17-28)19(2)21(29)27-10-5-6-11-27/h19-20H,4-18H2,1-3H3,(H,23,24). The van der Waals surface area contributed by atoms with Gasteiger partial charge in [0.2, 0.25) is 5.91 Å². The van der Waals surface area contributed by atoms with Gasteiger partial charge in [-0.1, -0.05) is 6.92 Å². The Balaban J connectivity index is 1.39. The molecule has 166 valence electrons. The van der Waals surface area contributed by atoms with Gasteiger partial charge in [-0.2, -0.15) is 0 Å². The second-order valence-electron chi connectivity index (χ2n) is 8.94. The Hall–Kier alpha value is -1.34. The first-order valence-electron chi connectivity index (χ1n) is 11.8. The zero-order valence-electron chi connectivity index (χ0n) is 18.9. The second-order valence-corrected chi connectivity index (χ2v) is 8.94. The molecule has 0 aromatic heterocycles. The van der Waals surface area contributed by atoms with Crippen molar-refractivity contribution in [2.45, 2.75) is 52.0 Å². The minimum absolute atomic E-state index is 0.00136. The fraction of sp³-hybridized carbons (Fsp3) is 0.909. The third kappa shape index (κ3) is 6.07. The number of piperidine rings is 1. The van der Waals surface area contributed by atoms with E-state index in [1.807, 2.05) is 11.9 Å². The van der Waals surface area contributed by atoms with Crippen LogP contribution < -0.4 is 5.32 Å². The Morgan fingerprint density at radius 3 is 2.24 bits per heavy atom. The summed E-state index contributed by atoms with van der Waals surface area (Å²) in [4.78, 5) is 26.6. The Bertz CT molecular complexity index is 531. The van der Waals surface area contributed by atoms with E-state index in [4.69, 9.17) is 0 Å². The molecule has 7 nitrogen and oxygen atoms in total. The number of guanidine groups is 1. The van der Waals surface area contributed by atoms with Gasteiger partial charge in [0.05, 0.1) is 6.04 Å². The van der Waals surface area contributed by atoms with Crippen molar-refractivity contribution in [2.24, 2.45) is 10.9 Å². The number of hydrogen-bond donors (Lipinski definition) is 1. The number of hydrogen-bond acceptors (Lipinski definition) is 4. The highest BCUT2D eigenvalue weighted by molar-refractivity contribution is 5.82. The van der Waals surface area contributed by atoms with Gasteiger partial charge in [0.25, 0.3) is 0 Å². The van der Waals surface area contributed by atoms with Crippen LogP contribution in [-0.2, 0) is 4.79 Å². The lowest BCUT2D eigenvalue weighted by atomic mass is 9.97. The van der Waals surface area contributed by atoms with Gasteiger partial charge in [-0.15, -0.1) is 0 Å². The van der Waals surface area contributed by atoms with Crippen molar-refractivity contribution in [1.82, 2.24) is 24.9 Å². The molecule has 0 aromatic rings. The van der Waals surface area contributed by atoms with Crippen LogP contribution in [0.25, 0.3) is 0 Å². The molecular formula is C22H42N6O. The van der Waals surface area contributed by atoms with E-state index in [-0.39, 0.29) is 6.04 Å². The lowest BCUT2D eigenvalue weighted by Gasteiger charge is -2.40. The van der Waals surface area contributed by atoms with Crippen LogP contribution in [0.3, 0.4) is 0 Å². The van der Waals surface area contributed by atoms with E-state index in [1.165, 1.54) is 38.9 Å².